The van der Waals surface area contributed by atoms with E-state index < -0.39 is 5.97 Å². The zero-order valence-corrected chi connectivity index (χ0v) is 12.7. The Kier molecular flexibility index (Phi) is 7.42. The molecular weight excluding hydrogens is 272 g/mol. The second-order valence-electron chi connectivity index (χ2n) is 4.61. The molecule has 0 aliphatic heterocycles. The second-order valence-corrected chi connectivity index (χ2v) is 4.61. The van der Waals surface area contributed by atoms with Crippen molar-refractivity contribution in [3.63, 3.8) is 0 Å². The van der Waals surface area contributed by atoms with Crippen molar-refractivity contribution >= 4 is 17.9 Å². The van der Waals surface area contributed by atoms with E-state index in [-0.39, 0.29) is 6.04 Å². The van der Waals surface area contributed by atoms with Gasteiger partial charge in [0.15, 0.2) is 0 Å². The number of nitrogens with zero attached hydrogens (tertiary/aromatic N) is 2. The van der Waals surface area contributed by atoms with Crippen LogP contribution in [0.1, 0.15) is 12.5 Å². The molecule has 1 atom stereocenters. The third-order valence-corrected chi connectivity index (χ3v) is 2.96. The Morgan fingerprint density at radius 1 is 1.43 bits per heavy atom. The molecule has 0 saturated carbocycles. The minimum atomic E-state index is -0.977. The van der Waals surface area contributed by atoms with E-state index in [2.05, 4.69) is 16.8 Å². The van der Waals surface area contributed by atoms with Crippen molar-refractivity contribution in [2.45, 2.75) is 13.0 Å². The molecule has 1 heterocycles. The van der Waals surface area contributed by atoms with E-state index in [1.54, 1.807) is 20.4 Å². The van der Waals surface area contributed by atoms with Crippen molar-refractivity contribution in [2.75, 3.05) is 38.9 Å². The van der Waals surface area contributed by atoms with Crippen molar-refractivity contribution in [3.05, 3.63) is 30.0 Å². The number of aromatic nitrogens is 1. The lowest BCUT2D eigenvalue weighted by atomic mass is 10.2. The van der Waals surface area contributed by atoms with Crippen LogP contribution in [0.25, 0.3) is 6.08 Å². The Bertz CT molecular complexity index is 459. The van der Waals surface area contributed by atoms with Gasteiger partial charge in [0.05, 0.1) is 19.3 Å². The molecule has 0 bridgehead atoms. The van der Waals surface area contributed by atoms with Crippen LogP contribution >= 0.6 is 0 Å². The molecule has 0 aromatic carbocycles. The summed E-state index contributed by atoms with van der Waals surface area (Å²) in [6.07, 6.45) is 4.25. The fraction of sp³-hybridized carbons (Fsp3) is 0.467. The van der Waals surface area contributed by atoms with Crippen LogP contribution in [0, 0.1) is 0 Å². The number of rotatable bonds is 9. The Hall–Kier alpha value is -1.92. The molecule has 1 unspecified atom stereocenters. The first-order valence-corrected chi connectivity index (χ1v) is 6.70. The van der Waals surface area contributed by atoms with Crippen LogP contribution in [0.15, 0.2) is 24.4 Å². The number of carbonyl (C=O) groups is 1. The van der Waals surface area contributed by atoms with Gasteiger partial charge >= 0.3 is 5.97 Å². The number of ether oxygens (including phenoxy) is 2. The quantitative estimate of drug-likeness (QED) is 0.698. The summed E-state index contributed by atoms with van der Waals surface area (Å²) >= 11 is 0. The molecule has 6 nitrogen and oxygen atoms in total. The molecule has 6 heteroatoms. The molecule has 0 saturated heterocycles. The van der Waals surface area contributed by atoms with E-state index in [4.69, 9.17) is 14.6 Å². The van der Waals surface area contributed by atoms with Crippen LogP contribution in [0.2, 0.25) is 0 Å². The zero-order chi connectivity index (χ0) is 15.7. The largest absolute Gasteiger partial charge is 0.478 e. The smallest absolute Gasteiger partial charge is 0.328 e. The number of pyridine rings is 1. The van der Waals surface area contributed by atoms with Gasteiger partial charge in [-0.15, -0.1) is 0 Å². The molecular formula is C15H22N2O4. The van der Waals surface area contributed by atoms with Crippen LogP contribution in [0.4, 0.5) is 5.82 Å². The molecule has 0 fully saturated rings. The van der Waals surface area contributed by atoms with Crippen molar-refractivity contribution < 1.29 is 19.4 Å². The normalized spacial score (nSPS) is 12.5. The van der Waals surface area contributed by atoms with Gasteiger partial charge in [-0.05, 0) is 30.7 Å². The first-order chi connectivity index (χ1) is 10.1. The molecule has 0 aliphatic carbocycles. The van der Waals surface area contributed by atoms with Gasteiger partial charge in [-0.3, -0.25) is 0 Å². The number of hydrogen-bond acceptors (Lipinski definition) is 5. The lowest BCUT2D eigenvalue weighted by molar-refractivity contribution is -0.131. The SMILES string of the molecule is COCCN(c1ccc(/C=C/C(=O)O)cn1)C(C)COC. The van der Waals surface area contributed by atoms with Crippen LogP contribution < -0.4 is 4.90 Å². The highest BCUT2D eigenvalue weighted by molar-refractivity contribution is 5.85. The van der Waals surface area contributed by atoms with Gasteiger partial charge in [-0.25, -0.2) is 9.78 Å². The van der Waals surface area contributed by atoms with Gasteiger partial charge in [-0.1, -0.05) is 0 Å². The monoisotopic (exact) mass is 294 g/mol. The molecule has 0 radical (unpaired) electrons. The average molecular weight is 294 g/mol. The van der Waals surface area contributed by atoms with Gasteiger partial charge < -0.3 is 19.5 Å². The highest BCUT2D eigenvalue weighted by Crippen LogP contribution is 2.15. The van der Waals surface area contributed by atoms with E-state index >= 15 is 0 Å². The average Bonchev–Trinajstić information content (AvgIpc) is 2.47. The molecule has 1 aromatic rings. The number of methoxy groups -OCH3 is 2. The number of aliphatic carboxylic acids is 1. The highest BCUT2D eigenvalue weighted by atomic mass is 16.5. The maximum Gasteiger partial charge on any atom is 0.328 e. The molecule has 116 valence electrons. The fourth-order valence-electron chi connectivity index (χ4n) is 1.92. The van der Waals surface area contributed by atoms with Crippen molar-refractivity contribution in [1.29, 1.82) is 0 Å². The van der Waals surface area contributed by atoms with Crippen LogP contribution in [0.5, 0.6) is 0 Å². The summed E-state index contributed by atoms with van der Waals surface area (Å²) in [5.74, 6) is -0.168. The Morgan fingerprint density at radius 2 is 2.19 bits per heavy atom. The summed E-state index contributed by atoms with van der Waals surface area (Å²) in [6.45, 7) is 3.94. The van der Waals surface area contributed by atoms with Crippen molar-refractivity contribution in [1.82, 2.24) is 4.98 Å². The third-order valence-electron chi connectivity index (χ3n) is 2.96. The summed E-state index contributed by atoms with van der Waals surface area (Å²) in [4.78, 5) is 17.0. The van der Waals surface area contributed by atoms with E-state index in [0.717, 1.165) is 17.5 Å². The maximum absolute atomic E-state index is 10.5. The standard InChI is InChI=1S/C15H22N2O4/c1-12(11-21-3)17(8-9-20-2)14-6-4-13(10-16-14)5-7-15(18)19/h4-7,10,12H,8-9,11H2,1-3H3,(H,18,19)/b7-5+. The van der Waals surface area contributed by atoms with Gasteiger partial charge in [-0.2, -0.15) is 0 Å². The van der Waals surface area contributed by atoms with E-state index in [0.29, 0.717) is 19.8 Å². The first-order valence-electron chi connectivity index (χ1n) is 6.70. The summed E-state index contributed by atoms with van der Waals surface area (Å²) in [6, 6.07) is 3.86. The van der Waals surface area contributed by atoms with Crippen LogP contribution in [-0.2, 0) is 14.3 Å². The summed E-state index contributed by atoms with van der Waals surface area (Å²) in [7, 11) is 3.32. The lowest BCUT2D eigenvalue weighted by Crippen LogP contribution is -2.39. The van der Waals surface area contributed by atoms with Crippen molar-refractivity contribution in [3.8, 4) is 0 Å². The van der Waals surface area contributed by atoms with E-state index in [1.165, 1.54) is 6.08 Å². The molecule has 1 aromatic heterocycles. The molecule has 0 amide bonds. The number of carboxylic acids is 1. The van der Waals surface area contributed by atoms with Gasteiger partial charge in [0, 0.05) is 33.0 Å². The number of anilines is 1. The molecule has 21 heavy (non-hydrogen) atoms. The number of hydrogen-bond donors (Lipinski definition) is 1. The van der Waals surface area contributed by atoms with Gasteiger partial charge in [0.25, 0.3) is 0 Å². The Labute approximate surface area is 125 Å². The summed E-state index contributed by atoms with van der Waals surface area (Å²) in [5, 5.41) is 8.60. The minimum absolute atomic E-state index is 0.165. The first kappa shape index (κ1) is 17.1. The summed E-state index contributed by atoms with van der Waals surface area (Å²) < 4.78 is 10.3. The van der Waals surface area contributed by atoms with Crippen LogP contribution in [-0.4, -0.2) is 56.1 Å². The third kappa shape index (κ3) is 5.93. The lowest BCUT2D eigenvalue weighted by Gasteiger charge is -2.29. The fourth-order valence-corrected chi connectivity index (χ4v) is 1.92. The maximum atomic E-state index is 10.5. The van der Waals surface area contributed by atoms with Gasteiger partial charge in [0.2, 0.25) is 0 Å². The van der Waals surface area contributed by atoms with Crippen LogP contribution in [0.3, 0.4) is 0 Å². The molecule has 0 aliphatic rings. The predicted molar refractivity (Wildman–Crippen MR) is 81.5 cm³/mol. The Morgan fingerprint density at radius 3 is 2.71 bits per heavy atom. The van der Waals surface area contributed by atoms with E-state index in [9.17, 15) is 4.79 Å². The second kappa shape index (κ2) is 9.10. The predicted octanol–water partition coefficient (Wildman–Crippen LogP) is 1.67. The zero-order valence-electron chi connectivity index (χ0n) is 12.7. The topological polar surface area (TPSA) is 71.9 Å². The highest BCUT2D eigenvalue weighted by Gasteiger charge is 2.15. The Balaban J connectivity index is 2.84. The molecule has 1 rings (SSSR count). The number of carboxylic acid groups (broad SMARTS) is 1. The van der Waals surface area contributed by atoms with Gasteiger partial charge in [0.1, 0.15) is 5.82 Å². The molecule has 0 spiro atoms. The van der Waals surface area contributed by atoms with Crippen molar-refractivity contribution in [2.24, 2.45) is 0 Å². The minimum Gasteiger partial charge on any atom is -0.478 e. The van der Waals surface area contributed by atoms with E-state index in [1.807, 2.05) is 12.1 Å². The summed E-state index contributed by atoms with van der Waals surface area (Å²) in [5.41, 5.74) is 0.743. The molecule has 1 N–H and O–H groups in total.